The van der Waals surface area contributed by atoms with Crippen molar-refractivity contribution in [1.29, 1.82) is 5.26 Å². The van der Waals surface area contributed by atoms with Crippen molar-refractivity contribution in [1.82, 2.24) is 5.06 Å². The van der Waals surface area contributed by atoms with Gasteiger partial charge in [-0.3, -0.25) is 9.59 Å². The lowest BCUT2D eigenvalue weighted by atomic mass is 10.1. The topological polar surface area (TPSA) is 87.5 Å². The minimum atomic E-state index is -0.996. The lowest BCUT2D eigenvalue weighted by Crippen LogP contribution is -2.34. The van der Waals surface area contributed by atoms with Gasteiger partial charge in [0.1, 0.15) is 5.92 Å². The number of nitriles is 1. The molecule has 19 heavy (non-hydrogen) atoms. The van der Waals surface area contributed by atoms with Crippen LogP contribution in [0.3, 0.4) is 0 Å². The molecule has 1 unspecified atom stereocenters. The molecule has 0 fully saturated rings. The highest BCUT2D eigenvalue weighted by Crippen LogP contribution is 2.23. The number of hydroxylamine groups is 2. The summed E-state index contributed by atoms with van der Waals surface area (Å²) in [6, 6.07) is 7.93. The summed E-state index contributed by atoms with van der Waals surface area (Å²) in [5.41, 5.74) is 0.371. The SMILES string of the molecule is CCC(C#N)C(=O)ON1C(=O)c2ccccc2C1=O. The third kappa shape index (κ3) is 2.06. The number of carbonyl (C=O) groups excluding carboxylic acids is 3. The molecular formula is C13H10N2O4. The summed E-state index contributed by atoms with van der Waals surface area (Å²) in [4.78, 5) is 40.1. The first-order chi connectivity index (χ1) is 9.10. The molecule has 6 heteroatoms. The first kappa shape index (κ1) is 12.8. The largest absolute Gasteiger partial charge is 0.350 e. The van der Waals surface area contributed by atoms with E-state index < -0.39 is 23.7 Å². The fourth-order valence-corrected chi connectivity index (χ4v) is 1.71. The molecule has 0 aliphatic carbocycles. The van der Waals surface area contributed by atoms with Crippen LogP contribution in [-0.2, 0) is 9.63 Å². The van der Waals surface area contributed by atoms with Gasteiger partial charge in [0, 0.05) is 0 Å². The van der Waals surface area contributed by atoms with Crippen molar-refractivity contribution in [2.24, 2.45) is 5.92 Å². The van der Waals surface area contributed by atoms with Crippen LogP contribution in [-0.4, -0.2) is 22.8 Å². The van der Waals surface area contributed by atoms with E-state index in [4.69, 9.17) is 10.1 Å². The van der Waals surface area contributed by atoms with E-state index in [2.05, 4.69) is 0 Å². The Labute approximate surface area is 109 Å². The Morgan fingerprint density at radius 1 is 1.32 bits per heavy atom. The van der Waals surface area contributed by atoms with Gasteiger partial charge in [0.15, 0.2) is 0 Å². The van der Waals surface area contributed by atoms with Crippen LogP contribution in [0.15, 0.2) is 24.3 Å². The fourth-order valence-electron chi connectivity index (χ4n) is 1.71. The Balaban J connectivity index is 2.22. The maximum atomic E-state index is 11.9. The summed E-state index contributed by atoms with van der Waals surface area (Å²) in [5.74, 6) is -3.28. The van der Waals surface area contributed by atoms with Gasteiger partial charge in [-0.2, -0.15) is 5.26 Å². The van der Waals surface area contributed by atoms with Crippen molar-refractivity contribution in [3.05, 3.63) is 35.4 Å². The van der Waals surface area contributed by atoms with Gasteiger partial charge >= 0.3 is 5.97 Å². The molecule has 1 aromatic carbocycles. The fraction of sp³-hybridized carbons (Fsp3) is 0.231. The predicted molar refractivity (Wildman–Crippen MR) is 62.4 cm³/mol. The van der Waals surface area contributed by atoms with Crippen LogP contribution in [0.25, 0.3) is 0 Å². The summed E-state index contributed by atoms with van der Waals surface area (Å²) in [6.07, 6.45) is 0.249. The summed E-state index contributed by atoms with van der Waals surface area (Å²) in [6.45, 7) is 1.64. The third-order valence-electron chi connectivity index (χ3n) is 2.79. The number of imide groups is 1. The van der Waals surface area contributed by atoms with Crippen LogP contribution in [0, 0.1) is 17.2 Å². The summed E-state index contributed by atoms with van der Waals surface area (Å²) in [7, 11) is 0. The van der Waals surface area contributed by atoms with E-state index in [-0.39, 0.29) is 17.5 Å². The zero-order valence-electron chi connectivity index (χ0n) is 10.1. The van der Waals surface area contributed by atoms with E-state index in [1.807, 2.05) is 0 Å². The third-order valence-corrected chi connectivity index (χ3v) is 2.79. The first-order valence-corrected chi connectivity index (χ1v) is 5.69. The molecule has 0 bridgehead atoms. The van der Waals surface area contributed by atoms with Crippen molar-refractivity contribution < 1.29 is 19.2 Å². The Morgan fingerprint density at radius 3 is 2.26 bits per heavy atom. The van der Waals surface area contributed by atoms with Crippen LogP contribution in [0.2, 0.25) is 0 Å². The van der Waals surface area contributed by atoms with Crippen molar-refractivity contribution in [2.75, 3.05) is 0 Å². The van der Waals surface area contributed by atoms with Crippen molar-refractivity contribution >= 4 is 17.8 Å². The molecule has 96 valence electrons. The van der Waals surface area contributed by atoms with Gasteiger partial charge < -0.3 is 4.84 Å². The molecule has 0 radical (unpaired) electrons. The molecule has 0 aromatic heterocycles. The Kier molecular flexibility index (Phi) is 3.29. The van der Waals surface area contributed by atoms with Crippen LogP contribution < -0.4 is 0 Å². The molecule has 0 saturated carbocycles. The second-order valence-corrected chi connectivity index (χ2v) is 3.95. The second kappa shape index (κ2) is 4.90. The lowest BCUT2D eigenvalue weighted by molar-refractivity contribution is -0.171. The summed E-state index contributed by atoms with van der Waals surface area (Å²) < 4.78 is 0. The quantitative estimate of drug-likeness (QED) is 0.762. The van der Waals surface area contributed by atoms with Gasteiger partial charge in [0.2, 0.25) is 0 Å². The number of benzene rings is 1. The van der Waals surface area contributed by atoms with E-state index in [0.717, 1.165) is 0 Å². The molecule has 2 amide bonds. The lowest BCUT2D eigenvalue weighted by Gasteiger charge is -2.14. The number of nitrogens with zero attached hydrogens (tertiary/aromatic N) is 2. The Hall–Kier alpha value is -2.68. The van der Waals surface area contributed by atoms with Crippen LogP contribution >= 0.6 is 0 Å². The molecular weight excluding hydrogens is 248 g/mol. The van der Waals surface area contributed by atoms with Gasteiger partial charge in [0.25, 0.3) is 11.8 Å². The average molecular weight is 258 g/mol. The van der Waals surface area contributed by atoms with Gasteiger partial charge in [-0.15, -0.1) is 0 Å². The maximum absolute atomic E-state index is 11.9. The number of amides is 2. The minimum absolute atomic E-state index is 0.185. The van der Waals surface area contributed by atoms with Crippen LogP contribution in [0.1, 0.15) is 34.1 Å². The smallest absolute Gasteiger partial charge is 0.328 e. The molecule has 0 spiro atoms. The maximum Gasteiger partial charge on any atom is 0.350 e. The Bertz CT molecular complexity index is 568. The van der Waals surface area contributed by atoms with Gasteiger partial charge in [-0.1, -0.05) is 24.1 Å². The molecule has 6 nitrogen and oxygen atoms in total. The number of hydrogen-bond donors (Lipinski definition) is 0. The van der Waals surface area contributed by atoms with E-state index in [1.165, 1.54) is 12.1 Å². The molecule has 2 rings (SSSR count). The molecule has 0 saturated heterocycles. The van der Waals surface area contributed by atoms with E-state index >= 15 is 0 Å². The molecule has 1 heterocycles. The zero-order valence-corrected chi connectivity index (χ0v) is 10.1. The number of rotatable bonds is 3. The zero-order chi connectivity index (χ0) is 14.0. The Morgan fingerprint density at radius 2 is 1.84 bits per heavy atom. The highest BCUT2D eigenvalue weighted by Gasteiger charge is 2.39. The molecule has 1 aliphatic heterocycles. The highest BCUT2D eigenvalue weighted by molar-refractivity contribution is 6.20. The summed E-state index contributed by atoms with van der Waals surface area (Å²) in [5, 5.41) is 9.15. The number of fused-ring (bicyclic) bond motifs is 1. The van der Waals surface area contributed by atoms with Gasteiger partial charge in [-0.05, 0) is 18.6 Å². The normalized spacial score (nSPS) is 14.8. The highest BCUT2D eigenvalue weighted by atomic mass is 16.7. The van der Waals surface area contributed by atoms with Crippen LogP contribution in [0.4, 0.5) is 0 Å². The van der Waals surface area contributed by atoms with E-state index in [9.17, 15) is 14.4 Å². The average Bonchev–Trinajstić information content (AvgIpc) is 2.66. The van der Waals surface area contributed by atoms with E-state index in [1.54, 1.807) is 25.1 Å². The van der Waals surface area contributed by atoms with Gasteiger partial charge in [0.05, 0.1) is 17.2 Å². The molecule has 1 aliphatic rings. The second-order valence-electron chi connectivity index (χ2n) is 3.95. The minimum Gasteiger partial charge on any atom is -0.328 e. The van der Waals surface area contributed by atoms with Gasteiger partial charge in [-0.25, -0.2) is 4.79 Å². The molecule has 0 N–H and O–H groups in total. The van der Waals surface area contributed by atoms with E-state index in [0.29, 0.717) is 5.06 Å². The number of carbonyl (C=O) groups is 3. The predicted octanol–water partition coefficient (Wildman–Crippen LogP) is 1.29. The molecule has 1 aromatic rings. The first-order valence-electron chi connectivity index (χ1n) is 5.69. The van der Waals surface area contributed by atoms with Crippen molar-refractivity contribution in [3.63, 3.8) is 0 Å². The van der Waals surface area contributed by atoms with Crippen LogP contribution in [0.5, 0.6) is 0 Å². The number of hydrogen-bond acceptors (Lipinski definition) is 5. The van der Waals surface area contributed by atoms with Crippen molar-refractivity contribution in [2.45, 2.75) is 13.3 Å². The summed E-state index contributed by atoms with van der Waals surface area (Å²) >= 11 is 0. The monoisotopic (exact) mass is 258 g/mol. The van der Waals surface area contributed by atoms with Crippen molar-refractivity contribution in [3.8, 4) is 6.07 Å². The standard InChI is InChI=1S/C13H10N2O4/c1-2-8(7-14)13(18)19-15-11(16)9-5-3-4-6-10(9)12(15)17/h3-6,8H,2H2,1H3. The molecule has 1 atom stereocenters.